The molecule has 0 aliphatic rings. The number of hydrogen-bond donors (Lipinski definition) is 0. The standard InChI is InChI=1S/3CH3.W/h3*1H3;. The second kappa shape index (κ2) is 1.96. The Labute approximate surface area is 33.8 Å². The van der Waals surface area contributed by atoms with Crippen LogP contribution in [0.2, 0.25) is 15.9 Å². The molecule has 0 aromatic heterocycles. The van der Waals surface area contributed by atoms with E-state index in [4.69, 9.17) is 0 Å². The summed E-state index contributed by atoms with van der Waals surface area (Å²) in [4.78, 5) is 0. The predicted molar refractivity (Wildman–Crippen MR) is 17.6 cm³/mol. The summed E-state index contributed by atoms with van der Waals surface area (Å²) in [6, 6.07) is 0. The van der Waals surface area contributed by atoms with Crippen LogP contribution in [0, 0.1) is 0 Å². The molecule has 0 unspecified atom stereocenters. The van der Waals surface area contributed by atoms with Gasteiger partial charge in [-0.2, -0.15) is 0 Å². The fourth-order valence-corrected chi connectivity index (χ4v) is 0. The van der Waals surface area contributed by atoms with Crippen molar-refractivity contribution in [1.29, 1.82) is 0 Å². The quantitative estimate of drug-likeness (QED) is 0.593. The fourth-order valence-electron chi connectivity index (χ4n) is 0. The van der Waals surface area contributed by atoms with Crippen LogP contribution in [0.15, 0.2) is 0 Å². The molecule has 0 amide bonds. The molecule has 0 saturated heterocycles. The maximum atomic E-state index is 2.36. The average Bonchev–Trinajstić information content (AvgIpc) is 0.811. The molecule has 0 aliphatic carbocycles. The summed E-state index contributed by atoms with van der Waals surface area (Å²) in [6.07, 6.45) is 0. The van der Waals surface area contributed by atoms with Gasteiger partial charge in [0.05, 0.1) is 0 Å². The van der Waals surface area contributed by atoms with Gasteiger partial charge in [-0.15, -0.1) is 0 Å². The van der Waals surface area contributed by atoms with E-state index in [-0.39, 0.29) is 0 Å². The van der Waals surface area contributed by atoms with Crippen LogP contribution >= 0.6 is 0 Å². The number of rotatable bonds is 0. The Kier molecular flexibility index (Phi) is 2.30. The topological polar surface area (TPSA) is 0 Å². The molecule has 0 fully saturated rings. The molecule has 4 heavy (non-hydrogen) atoms. The molecule has 0 N–H and O–H groups in total. The van der Waals surface area contributed by atoms with Crippen molar-refractivity contribution in [3.8, 4) is 0 Å². The Bertz CT molecular complexity index is 8.00. The van der Waals surface area contributed by atoms with Crippen LogP contribution in [0.4, 0.5) is 0 Å². The zero-order chi connectivity index (χ0) is 3.58. The Balaban J connectivity index is 2.32. The Morgan fingerprint density at radius 3 is 1.00 bits per heavy atom. The van der Waals surface area contributed by atoms with Crippen molar-refractivity contribution in [3.05, 3.63) is 0 Å². The predicted octanol–water partition coefficient (Wildman–Crippen LogP) is 1.75. The van der Waals surface area contributed by atoms with Crippen LogP contribution in [-0.2, 0) is 17.3 Å². The first-order chi connectivity index (χ1) is 1.73. The van der Waals surface area contributed by atoms with Crippen molar-refractivity contribution in [1.82, 2.24) is 0 Å². The minimum atomic E-state index is -0.528. The molecular weight excluding hydrogens is 220 g/mol. The van der Waals surface area contributed by atoms with Crippen molar-refractivity contribution in [3.63, 3.8) is 0 Å². The maximum absolute atomic E-state index is 2.36. The van der Waals surface area contributed by atoms with Crippen molar-refractivity contribution in [2.24, 2.45) is 0 Å². The van der Waals surface area contributed by atoms with Gasteiger partial charge in [0.25, 0.3) is 0 Å². The number of hydrogen-bond acceptors (Lipinski definition) is 0. The summed E-state index contributed by atoms with van der Waals surface area (Å²) in [7, 11) is 0. The first-order valence-corrected chi connectivity index (χ1v) is 10.0. The van der Waals surface area contributed by atoms with E-state index in [0.29, 0.717) is 0 Å². The van der Waals surface area contributed by atoms with E-state index in [1.54, 1.807) is 0 Å². The van der Waals surface area contributed by atoms with E-state index in [1.165, 1.54) is 0 Å². The monoisotopic (exact) mass is 229 g/mol. The van der Waals surface area contributed by atoms with E-state index in [0.717, 1.165) is 0 Å². The fraction of sp³-hybridized carbons (Fsp3) is 1.00. The SMILES string of the molecule is [CH3][W]([CH3])[CH3]. The van der Waals surface area contributed by atoms with Gasteiger partial charge in [0, 0.05) is 0 Å². The first kappa shape index (κ1) is 4.69. The van der Waals surface area contributed by atoms with Crippen molar-refractivity contribution < 1.29 is 17.3 Å². The molecule has 0 aromatic carbocycles. The van der Waals surface area contributed by atoms with Crippen LogP contribution in [0.1, 0.15) is 0 Å². The Morgan fingerprint density at radius 2 is 1.00 bits per heavy atom. The third-order valence-corrected chi connectivity index (χ3v) is 0. The van der Waals surface area contributed by atoms with E-state index in [9.17, 15) is 0 Å². The molecule has 27 valence electrons. The summed E-state index contributed by atoms with van der Waals surface area (Å²) in [5.74, 6) is 0. The van der Waals surface area contributed by atoms with Gasteiger partial charge < -0.3 is 0 Å². The normalized spacial score (nSPS) is 9.00. The molecule has 0 radical (unpaired) electrons. The van der Waals surface area contributed by atoms with Crippen LogP contribution in [0.25, 0.3) is 0 Å². The van der Waals surface area contributed by atoms with Crippen LogP contribution in [0.3, 0.4) is 0 Å². The second-order valence-electron chi connectivity index (χ2n) is 1.22. The minimum absolute atomic E-state index is 0.528. The molecule has 0 saturated carbocycles. The van der Waals surface area contributed by atoms with Gasteiger partial charge in [-0.1, -0.05) is 0 Å². The summed E-state index contributed by atoms with van der Waals surface area (Å²) < 4.78 is 0. The van der Waals surface area contributed by atoms with Crippen molar-refractivity contribution >= 4 is 0 Å². The third-order valence-electron chi connectivity index (χ3n) is 0. The van der Waals surface area contributed by atoms with Gasteiger partial charge in [-0.05, 0) is 0 Å². The average molecular weight is 229 g/mol. The second-order valence-corrected chi connectivity index (χ2v) is 10.0. The molecular formula is C3H9W. The van der Waals surface area contributed by atoms with Gasteiger partial charge in [0.1, 0.15) is 0 Å². The molecule has 0 atom stereocenters. The summed E-state index contributed by atoms with van der Waals surface area (Å²) in [5.41, 5.74) is 0. The van der Waals surface area contributed by atoms with Gasteiger partial charge in [-0.3, -0.25) is 0 Å². The summed E-state index contributed by atoms with van der Waals surface area (Å²) in [5, 5.41) is 7.08. The molecule has 0 aliphatic heterocycles. The summed E-state index contributed by atoms with van der Waals surface area (Å²) >= 11 is -0.528. The van der Waals surface area contributed by atoms with Gasteiger partial charge >= 0.3 is 33.3 Å². The van der Waals surface area contributed by atoms with E-state index >= 15 is 0 Å². The van der Waals surface area contributed by atoms with E-state index in [1.807, 2.05) is 0 Å². The Hall–Kier alpha value is 0.688. The van der Waals surface area contributed by atoms with Crippen molar-refractivity contribution in [2.45, 2.75) is 15.9 Å². The zero-order valence-electron chi connectivity index (χ0n) is 3.41. The van der Waals surface area contributed by atoms with Crippen LogP contribution in [0.5, 0.6) is 0 Å². The zero-order valence-corrected chi connectivity index (χ0v) is 6.34. The van der Waals surface area contributed by atoms with Gasteiger partial charge in [0.15, 0.2) is 0 Å². The Morgan fingerprint density at radius 1 is 1.00 bits per heavy atom. The molecule has 0 bridgehead atoms. The first-order valence-electron chi connectivity index (χ1n) is 1.22. The molecule has 0 aromatic rings. The third kappa shape index (κ3) is 16.2. The van der Waals surface area contributed by atoms with Crippen LogP contribution in [-0.4, -0.2) is 0 Å². The molecule has 0 nitrogen and oxygen atoms in total. The van der Waals surface area contributed by atoms with E-state index < -0.39 is 17.3 Å². The van der Waals surface area contributed by atoms with Crippen molar-refractivity contribution in [2.75, 3.05) is 0 Å². The van der Waals surface area contributed by atoms with Gasteiger partial charge in [0.2, 0.25) is 0 Å². The van der Waals surface area contributed by atoms with E-state index in [2.05, 4.69) is 15.9 Å². The van der Waals surface area contributed by atoms with Gasteiger partial charge in [-0.25, -0.2) is 0 Å². The molecule has 0 rings (SSSR count). The molecule has 1 heteroatoms. The molecule has 0 heterocycles. The molecule has 0 spiro atoms. The van der Waals surface area contributed by atoms with Crippen LogP contribution < -0.4 is 0 Å². The summed E-state index contributed by atoms with van der Waals surface area (Å²) in [6.45, 7) is 0.